The van der Waals surface area contributed by atoms with Gasteiger partial charge in [0.05, 0.1) is 31.1 Å². The molecule has 0 aliphatic heterocycles. The van der Waals surface area contributed by atoms with Crippen LogP contribution in [0, 0.1) is 0 Å². The lowest BCUT2D eigenvalue weighted by molar-refractivity contribution is -0.150. The summed E-state index contributed by atoms with van der Waals surface area (Å²) in [5, 5.41) is 11.3. The Kier molecular flexibility index (Phi) is 8.95. The Morgan fingerprint density at radius 3 is 2.68 bits per heavy atom. The predicted octanol–water partition coefficient (Wildman–Crippen LogP) is 4.40. The van der Waals surface area contributed by atoms with Crippen molar-refractivity contribution in [3.05, 3.63) is 67.1 Å². The van der Waals surface area contributed by atoms with Crippen molar-refractivity contribution in [2.75, 3.05) is 24.4 Å². The number of rotatable bonds is 12. The van der Waals surface area contributed by atoms with Crippen LogP contribution in [0.2, 0.25) is 0 Å². The summed E-state index contributed by atoms with van der Waals surface area (Å²) in [7, 11) is 1.56. The molecule has 1 saturated carbocycles. The summed E-state index contributed by atoms with van der Waals surface area (Å²) in [5.74, 6) is 0.454. The fraction of sp³-hybridized carbons (Fsp3) is 0.333. The number of carbonyl (C=O) groups is 2. The molecule has 0 bridgehead atoms. The average Bonchev–Trinajstić information content (AvgIpc) is 3.65. The maximum absolute atomic E-state index is 12.4. The Balaban J connectivity index is 1.21. The van der Waals surface area contributed by atoms with Crippen molar-refractivity contribution in [3.63, 3.8) is 0 Å². The van der Waals surface area contributed by atoms with Crippen LogP contribution in [-0.2, 0) is 20.9 Å². The van der Waals surface area contributed by atoms with Gasteiger partial charge in [-0.2, -0.15) is 5.10 Å². The number of fused-ring (bicyclic) bond motifs is 1. The maximum atomic E-state index is 12.4. The number of para-hydroxylation sites is 1. The fourth-order valence-electron chi connectivity index (χ4n) is 4.75. The number of amides is 1. The van der Waals surface area contributed by atoms with Gasteiger partial charge in [0.2, 0.25) is 5.91 Å². The van der Waals surface area contributed by atoms with Gasteiger partial charge >= 0.3 is 5.97 Å². The predicted molar refractivity (Wildman–Crippen MR) is 155 cm³/mol. The van der Waals surface area contributed by atoms with E-state index in [9.17, 15) is 9.59 Å². The molecule has 0 unspecified atom stereocenters. The molecule has 1 atom stereocenters. The van der Waals surface area contributed by atoms with Gasteiger partial charge in [-0.05, 0) is 49.9 Å². The van der Waals surface area contributed by atoms with E-state index in [0.29, 0.717) is 29.1 Å². The first-order valence-electron chi connectivity index (χ1n) is 13.7. The topological polar surface area (TPSA) is 143 Å². The summed E-state index contributed by atoms with van der Waals surface area (Å²) in [6.45, 7) is 0.294. The smallest absolute Gasteiger partial charge is 0.323 e. The van der Waals surface area contributed by atoms with E-state index in [1.54, 1.807) is 36.4 Å². The lowest BCUT2D eigenvalue weighted by Gasteiger charge is -2.17. The molecule has 11 heteroatoms. The summed E-state index contributed by atoms with van der Waals surface area (Å²) in [6.07, 6.45) is 9.37. The molecule has 214 valence electrons. The number of esters is 1. The maximum Gasteiger partial charge on any atom is 0.323 e. The number of anilines is 3. The van der Waals surface area contributed by atoms with Gasteiger partial charge in [-0.25, -0.2) is 0 Å². The minimum Gasteiger partial charge on any atom is -0.493 e. The van der Waals surface area contributed by atoms with Crippen molar-refractivity contribution in [3.8, 4) is 11.5 Å². The van der Waals surface area contributed by atoms with Crippen molar-refractivity contribution < 1.29 is 23.8 Å². The highest BCUT2D eigenvalue weighted by Crippen LogP contribution is 2.35. The van der Waals surface area contributed by atoms with Crippen LogP contribution in [0.3, 0.4) is 0 Å². The number of ether oxygens (including phenoxy) is 3. The molecule has 41 heavy (non-hydrogen) atoms. The molecular formula is C30H34N6O5. The highest BCUT2D eigenvalue weighted by atomic mass is 16.5. The van der Waals surface area contributed by atoms with Gasteiger partial charge in [-0.15, -0.1) is 0 Å². The largest absolute Gasteiger partial charge is 0.493 e. The molecule has 2 aromatic heterocycles. The van der Waals surface area contributed by atoms with Crippen molar-refractivity contribution in [2.45, 2.75) is 50.8 Å². The molecule has 11 nitrogen and oxygen atoms in total. The van der Waals surface area contributed by atoms with E-state index in [1.165, 1.54) is 0 Å². The number of hydrogen-bond donors (Lipinski definition) is 3. The van der Waals surface area contributed by atoms with Crippen molar-refractivity contribution in [1.29, 1.82) is 0 Å². The first-order valence-corrected chi connectivity index (χ1v) is 13.7. The van der Waals surface area contributed by atoms with Crippen molar-refractivity contribution >= 4 is 39.8 Å². The Hall–Kier alpha value is -4.64. The lowest BCUT2D eigenvalue weighted by atomic mass is 10.1. The first kappa shape index (κ1) is 27.9. The van der Waals surface area contributed by atoms with Crippen LogP contribution in [0.15, 0.2) is 67.1 Å². The third-order valence-corrected chi connectivity index (χ3v) is 6.88. The zero-order valence-corrected chi connectivity index (χ0v) is 22.9. The number of hydrogen-bond acceptors (Lipinski definition) is 9. The molecule has 1 aliphatic carbocycles. The van der Waals surface area contributed by atoms with Gasteiger partial charge in [-0.3, -0.25) is 19.3 Å². The second kappa shape index (κ2) is 13.1. The monoisotopic (exact) mass is 558 g/mol. The zero-order chi connectivity index (χ0) is 28.6. The number of nitrogens with zero attached hydrogens (tertiary/aromatic N) is 3. The number of nitrogens with one attached hydrogen (secondary N) is 2. The highest BCUT2D eigenvalue weighted by Gasteiger charge is 2.23. The molecule has 1 amide bonds. The second-order valence-electron chi connectivity index (χ2n) is 9.93. The SMILES string of the molecule is COc1cc2c(Nc3cnn(CC(=O)Nc4ccccc4)c3)ccnc2cc1OCC[C@H](N)C(=O)OC1CCCC1. The number of carbonyl (C=O) groups excluding carboxylic acids is 2. The van der Waals surface area contributed by atoms with Crippen LogP contribution in [0.25, 0.3) is 10.9 Å². The van der Waals surface area contributed by atoms with Gasteiger partial charge in [0.25, 0.3) is 0 Å². The van der Waals surface area contributed by atoms with Crippen LogP contribution < -0.4 is 25.8 Å². The summed E-state index contributed by atoms with van der Waals surface area (Å²) in [4.78, 5) is 29.2. The van der Waals surface area contributed by atoms with Gasteiger partial charge in [-0.1, -0.05) is 18.2 Å². The Morgan fingerprint density at radius 2 is 1.90 bits per heavy atom. The Morgan fingerprint density at radius 1 is 1.10 bits per heavy atom. The molecule has 4 aromatic rings. The standard InChI is InChI=1S/C30H34N6O5/c1-39-27-15-23-25(34-21-17-33-36(18-21)19-29(37)35-20-7-3-2-4-8-20)11-13-32-26(23)16-28(27)40-14-12-24(31)30(38)41-22-9-5-6-10-22/h2-4,7-8,11,13,15-18,22,24H,5-6,9-10,12,14,19,31H2,1H3,(H,32,34)(H,35,37)/t24-/m0/s1. The Labute approximate surface area is 238 Å². The molecule has 5 rings (SSSR count). The number of benzene rings is 2. The highest BCUT2D eigenvalue weighted by molar-refractivity contribution is 5.95. The summed E-state index contributed by atoms with van der Waals surface area (Å²) >= 11 is 0. The van der Waals surface area contributed by atoms with E-state index in [4.69, 9.17) is 19.9 Å². The van der Waals surface area contributed by atoms with E-state index in [0.717, 1.165) is 42.4 Å². The number of pyridine rings is 1. The van der Waals surface area contributed by atoms with E-state index in [2.05, 4.69) is 20.7 Å². The first-order chi connectivity index (χ1) is 20.0. The molecule has 0 spiro atoms. The van der Waals surface area contributed by atoms with Crippen LogP contribution in [0.5, 0.6) is 11.5 Å². The molecule has 2 aromatic carbocycles. The number of nitrogens with two attached hydrogens (primary N) is 1. The molecule has 4 N–H and O–H groups in total. The van der Waals surface area contributed by atoms with E-state index < -0.39 is 6.04 Å². The summed E-state index contributed by atoms with van der Waals surface area (Å²) in [5.41, 5.74) is 8.95. The van der Waals surface area contributed by atoms with Crippen molar-refractivity contribution in [1.82, 2.24) is 14.8 Å². The van der Waals surface area contributed by atoms with Crippen molar-refractivity contribution in [2.24, 2.45) is 5.73 Å². The quantitative estimate of drug-likeness (QED) is 0.216. The second-order valence-corrected chi connectivity index (χ2v) is 9.93. The number of methoxy groups -OCH3 is 1. The third-order valence-electron chi connectivity index (χ3n) is 6.88. The van der Waals surface area contributed by atoms with E-state index in [1.807, 2.05) is 42.5 Å². The third kappa shape index (κ3) is 7.31. The molecule has 1 fully saturated rings. The summed E-state index contributed by atoms with van der Waals surface area (Å²) < 4.78 is 18.6. The van der Waals surface area contributed by atoms with Crippen LogP contribution in [-0.4, -0.2) is 52.5 Å². The van der Waals surface area contributed by atoms with Gasteiger partial charge in [0.15, 0.2) is 11.5 Å². The Bertz CT molecular complexity index is 1490. The molecular weight excluding hydrogens is 524 g/mol. The van der Waals surface area contributed by atoms with E-state index in [-0.39, 0.29) is 31.1 Å². The molecule has 0 saturated heterocycles. The molecule has 1 aliphatic rings. The fourth-order valence-corrected chi connectivity index (χ4v) is 4.75. The zero-order valence-electron chi connectivity index (χ0n) is 22.9. The summed E-state index contributed by atoms with van der Waals surface area (Å²) in [6, 6.07) is 14.0. The van der Waals surface area contributed by atoms with Crippen LogP contribution in [0.4, 0.5) is 17.1 Å². The van der Waals surface area contributed by atoms with E-state index >= 15 is 0 Å². The van der Waals surface area contributed by atoms with Gasteiger partial charge in [0.1, 0.15) is 18.7 Å². The normalized spacial score (nSPS) is 14.0. The minimum atomic E-state index is -0.749. The van der Waals surface area contributed by atoms with Gasteiger partial charge in [0, 0.05) is 41.6 Å². The van der Waals surface area contributed by atoms with Crippen LogP contribution in [0.1, 0.15) is 32.1 Å². The minimum absolute atomic E-state index is 0.0163. The average molecular weight is 559 g/mol. The molecule has 0 radical (unpaired) electrons. The number of aromatic nitrogens is 3. The lowest BCUT2D eigenvalue weighted by Crippen LogP contribution is -2.35. The molecule has 2 heterocycles. The van der Waals surface area contributed by atoms with Gasteiger partial charge < -0.3 is 30.6 Å². The van der Waals surface area contributed by atoms with Crippen LogP contribution >= 0.6 is 0 Å².